The van der Waals surface area contributed by atoms with Gasteiger partial charge in [-0.15, -0.1) is 0 Å². The van der Waals surface area contributed by atoms with Crippen LogP contribution in [0.4, 0.5) is 0 Å². The lowest BCUT2D eigenvalue weighted by atomic mass is 10.0. The number of benzene rings is 1. The van der Waals surface area contributed by atoms with E-state index in [1.165, 1.54) is 0 Å². The van der Waals surface area contributed by atoms with E-state index in [0.29, 0.717) is 12.5 Å². The van der Waals surface area contributed by atoms with Crippen LogP contribution in [0, 0.1) is 12.8 Å². The first-order valence-electron chi connectivity index (χ1n) is 6.59. The van der Waals surface area contributed by atoms with E-state index in [-0.39, 0.29) is 12.6 Å². The Hall–Kier alpha value is -1.26. The lowest BCUT2D eigenvalue weighted by molar-refractivity contribution is 0.209. The van der Waals surface area contributed by atoms with Gasteiger partial charge in [-0.05, 0) is 18.9 Å². The average Bonchev–Trinajstić information content (AvgIpc) is 2.39. The summed E-state index contributed by atoms with van der Waals surface area (Å²) in [7, 11) is 3.32. The topological polar surface area (TPSA) is 50.7 Å². The summed E-state index contributed by atoms with van der Waals surface area (Å²) >= 11 is 0. The summed E-state index contributed by atoms with van der Waals surface area (Å²) < 4.78 is 10.7. The minimum absolute atomic E-state index is 0.0899. The van der Waals surface area contributed by atoms with E-state index in [2.05, 4.69) is 19.2 Å². The van der Waals surface area contributed by atoms with Gasteiger partial charge < -0.3 is 19.9 Å². The third-order valence-electron chi connectivity index (χ3n) is 3.42. The monoisotopic (exact) mass is 267 g/mol. The number of aliphatic hydroxyl groups excluding tert-OH is 1. The molecule has 0 bridgehead atoms. The van der Waals surface area contributed by atoms with Gasteiger partial charge in [-0.1, -0.05) is 19.9 Å². The fourth-order valence-corrected chi connectivity index (χ4v) is 2.13. The summed E-state index contributed by atoms with van der Waals surface area (Å²) in [5.74, 6) is 2.05. The van der Waals surface area contributed by atoms with Crippen LogP contribution in [0.25, 0.3) is 0 Å². The van der Waals surface area contributed by atoms with E-state index in [0.717, 1.165) is 22.6 Å². The highest BCUT2D eigenvalue weighted by molar-refractivity contribution is 5.49. The molecule has 0 fully saturated rings. The molecule has 0 aliphatic heterocycles. The van der Waals surface area contributed by atoms with Crippen molar-refractivity contribution in [2.75, 3.05) is 20.8 Å². The molecule has 0 amide bonds. The van der Waals surface area contributed by atoms with Gasteiger partial charge in [0.15, 0.2) is 0 Å². The van der Waals surface area contributed by atoms with Crippen molar-refractivity contribution in [3.63, 3.8) is 0 Å². The fraction of sp³-hybridized carbons (Fsp3) is 0.600. The molecular weight excluding hydrogens is 242 g/mol. The third kappa shape index (κ3) is 3.85. The predicted molar refractivity (Wildman–Crippen MR) is 76.8 cm³/mol. The molecule has 0 heterocycles. The molecule has 0 aromatic heterocycles. The van der Waals surface area contributed by atoms with Crippen molar-refractivity contribution in [1.82, 2.24) is 5.32 Å². The molecule has 4 nitrogen and oxygen atoms in total. The zero-order valence-corrected chi connectivity index (χ0v) is 12.5. The van der Waals surface area contributed by atoms with Crippen molar-refractivity contribution in [3.8, 4) is 11.5 Å². The van der Waals surface area contributed by atoms with E-state index in [9.17, 15) is 5.11 Å². The van der Waals surface area contributed by atoms with Gasteiger partial charge >= 0.3 is 0 Å². The molecule has 0 spiro atoms. The Morgan fingerprint density at radius 2 is 1.89 bits per heavy atom. The Balaban J connectivity index is 2.86. The maximum atomic E-state index is 9.32. The van der Waals surface area contributed by atoms with E-state index < -0.39 is 0 Å². The van der Waals surface area contributed by atoms with E-state index in [1.807, 2.05) is 19.1 Å². The van der Waals surface area contributed by atoms with Crippen LogP contribution < -0.4 is 14.8 Å². The van der Waals surface area contributed by atoms with Crippen molar-refractivity contribution < 1.29 is 14.6 Å². The van der Waals surface area contributed by atoms with Gasteiger partial charge in [0.05, 0.1) is 20.8 Å². The molecule has 2 N–H and O–H groups in total. The van der Waals surface area contributed by atoms with Gasteiger partial charge in [0.25, 0.3) is 0 Å². The number of aliphatic hydroxyl groups is 1. The summed E-state index contributed by atoms with van der Waals surface area (Å²) in [5, 5.41) is 12.7. The molecule has 1 atom stereocenters. The highest BCUT2D eigenvalue weighted by Gasteiger charge is 2.15. The van der Waals surface area contributed by atoms with Crippen LogP contribution in [0.1, 0.15) is 25.0 Å². The Kier molecular flexibility index (Phi) is 6.12. The highest BCUT2D eigenvalue weighted by Crippen LogP contribution is 2.31. The molecule has 1 rings (SSSR count). The Bertz CT molecular complexity index is 405. The predicted octanol–water partition coefficient (Wildman–Crippen LogP) is 2.12. The molecular formula is C15H25NO3. The van der Waals surface area contributed by atoms with E-state index in [4.69, 9.17) is 9.47 Å². The maximum absolute atomic E-state index is 9.32. The second-order valence-corrected chi connectivity index (χ2v) is 5.00. The van der Waals surface area contributed by atoms with E-state index in [1.54, 1.807) is 14.2 Å². The molecule has 0 radical (unpaired) electrons. The summed E-state index contributed by atoms with van der Waals surface area (Å²) in [6, 6.07) is 4.03. The number of hydrogen-bond acceptors (Lipinski definition) is 4. The van der Waals surface area contributed by atoms with Crippen LogP contribution in [-0.2, 0) is 6.54 Å². The highest BCUT2D eigenvalue weighted by atomic mass is 16.5. The molecule has 0 aliphatic rings. The van der Waals surface area contributed by atoms with Crippen molar-refractivity contribution in [2.24, 2.45) is 5.92 Å². The normalized spacial score (nSPS) is 12.6. The molecule has 108 valence electrons. The molecule has 1 unspecified atom stereocenters. The van der Waals surface area contributed by atoms with E-state index >= 15 is 0 Å². The summed E-state index contributed by atoms with van der Waals surface area (Å²) in [5.41, 5.74) is 2.06. The van der Waals surface area contributed by atoms with Crippen LogP contribution >= 0.6 is 0 Å². The van der Waals surface area contributed by atoms with Crippen molar-refractivity contribution in [2.45, 2.75) is 33.4 Å². The fourth-order valence-electron chi connectivity index (χ4n) is 2.13. The van der Waals surface area contributed by atoms with Crippen LogP contribution in [0.2, 0.25) is 0 Å². The Morgan fingerprint density at radius 1 is 1.21 bits per heavy atom. The number of hydrogen-bond donors (Lipinski definition) is 2. The molecule has 19 heavy (non-hydrogen) atoms. The third-order valence-corrected chi connectivity index (χ3v) is 3.42. The Labute approximate surface area is 115 Å². The first kappa shape index (κ1) is 15.8. The smallest absolute Gasteiger partial charge is 0.129 e. The molecule has 1 aromatic rings. The van der Waals surface area contributed by atoms with Gasteiger partial charge in [0.2, 0.25) is 0 Å². The lowest BCUT2D eigenvalue weighted by Gasteiger charge is -2.21. The van der Waals surface area contributed by atoms with Gasteiger partial charge in [-0.25, -0.2) is 0 Å². The van der Waals surface area contributed by atoms with Crippen molar-refractivity contribution in [1.29, 1.82) is 0 Å². The van der Waals surface area contributed by atoms with Crippen LogP contribution in [-0.4, -0.2) is 32.0 Å². The van der Waals surface area contributed by atoms with Gasteiger partial charge in [-0.3, -0.25) is 0 Å². The zero-order chi connectivity index (χ0) is 14.4. The SMILES string of the molecule is COc1ccc(CNC(CO)C(C)C)c(OC)c1C. The second kappa shape index (κ2) is 7.36. The van der Waals surface area contributed by atoms with Gasteiger partial charge in [0.1, 0.15) is 11.5 Å². The minimum Gasteiger partial charge on any atom is -0.496 e. The number of rotatable bonds is 7. The molecule has 0 saturated carbocycles. The minimum atomic E-state index is 0.0899. The van der Waals surface area contributed by atoms with Gasteiger partial charge in [-0.2, -0.15) is 0 Å². The number of methoxy groups -OCH3 is 2. The molecule has 1 aromatic carbocycles. The van der Waals surface area contributed by atoms with Gasteiger partial charge in [0, 0.05) is 23.7 Å². The molecule has 4 heteroatoms. The maximum Gasteiger partial charge on any atom is 0.129 e. The summed E-state index contributed by atoms with van der Waals surface area (Å²) in [4.78, 5) is 0. The summed E-state index contributed by atoms with van der Waals surface area (Å²) in [6.45, 7) is 6.95. The lowest BCUT2D eigenvalue weighted by Crippen LogP contribution is -2.36. The summed E-state index contributed by atoms with van der Waals surface area (Å²) in [6.07, 6.45) is 0. The van der Waals surface area contributed by atoms with Crippen LogP contribution in [0.15, 0.2) is 12.1 Å². The average molecular weight is 267 g/mol. The largest absolute Gasteiger partial charge is 0.496 e. The van der Waals surface area contributed by atoms with Crippen molar-refractivity contribution >= 4 is 0 Å². The number of ether oxygens (including phenoxy) is 2. The van der Waals surface area contributed by atoms with Crippen LogP contribution in [0.3, 0.4) is 0 Å². The van der Waals surface area contributed by atoms with Crippen molar-refractivity contribution in [3.05, 3.63) is 23.3 Å². The number of nitrogens with one attached hydrogen (secondary N) is 1. The standard InChI is InChI=1S/C15H25NO3/c1-10(2)13(9-17)16-8-12-6-7-14(18-4)11(3)15(12)19-5/h6-7,10,13,16-17H,8-9H2,1-5H3. The first-order valence-corrected chi connectivity index (χ1v) is 6.59. The molecule has 0 aliphatic carbocycles. The quantitative estimate of drug-likeness (QED) is 0.794. The Morgan fingerprint density at radius 3 is 2.37 bits per heavy atom. The molecule has 0 saturated heterocycles. The second-order valence-electron chi connectivity index (χ2n) is 5.00. The van der Waals surface area contributed by atoms with Crippen LogP contribution in [0.5, 0.6) is 11.5 Å². The first-order chi connectivity index (χ1) is 9.04. The zero-order valence-electron chi connectivity index (χ0n) is 12.5.